The van der Waals surface area contributed by atoms with Gasteiger partial charge in [0.25, 0.3) is 5.91 Å². The zero-order valence-electron chi connectivity index (χ0n) is 74.6. The van der Waals surface area contributed by atoms with E-state index in [1.807, 2.05) is 79.8 Å². The number of para-hydroxylation sites is 1. The second-order valence-electron chi connectivity index (χ2n) is 33.8. The number of hydrogen-bond acceptors (Lipinski definition) is 20. The summed E-state index contributed by atoms with van der Waals surface area (Å²) in [4.78, 5) is 161. The van der Waals surface area contributed by atoms with Gasteiger partial charge in [0.1, 0.15) is 34.6 Å². The van der Waals surface area contributed by atoms with Crippen molar-refractivity contribution in [2.24, 2.45) is 28.9 Å². The molecule has 684 valence electrons. The van der Waals surface area contributed by atoms with Gasteiger partial charge in [0.2, 0.25) is 47.3 Å². The molecule has 1 fully saturated rings. The third kappa shape index (κ3) is 32.3. The molecule has 11 amide bonds. The number of nitrogens with one attached hydrogen (secondary N) is 8. The van der Waals surface area contributed by atoms with Crippen LogP contribution in [0.4, 0.5) is 20.6 Å². The minimum Gasteiger partial charge on any atom is -0.455 e. The fourth-order valence-corrected chi connectivity index (χ4v) is 17.1. The number of rotatable bonds is 53. The highest BCUT2D eigenvalue weighted by atomic mass is 32.2. The van der Waals surface area contributed by atoms with Gasteiger partial charge in [0, 0.05) is 91.3 Å². The van der Waals surface area contributed by atoms with E-state index in [4.69, 9.17) is 34.4 Å². The minimum absolute atomic E-state index is 0.0349. The van der Waals surface area contributed by atoms with E-state index < -0.39 is 89.1 Å². The monoisotopic (exact) mass is 1770 g/mol. The van der Waals surface area contributed by atoms with Crippen LogP contribution in [0.1, 0.15) is 222 Å². The molecule has 3 heterocycles. The number of halogens is 1. The number of carbonyl (C=O) groups is 11. The molecule has 0 radical (unpaired) electrons. The molecular weight excluding hydrogens is 1640 g/mol. The lowest BCUT2D eigenvalue weighted by Gasteiger charge is -2.40. The number of likely N-dealkylation sites (N-methyl/N-ethyl adjacent to an activating group) is 1. The summed E-state index contributed by atoms with van der Waals surface area (Å²) >= 11 is 2.16. The van der Waals surface area contributed by atoms with Gasteiger partial charge < -0.3 is 76.4 Å². The number of primary amides is 1. The highest BCUT2D eigenvalue weighted by Crippen LogP contribution is 2.48. The Morgan fingerprint density at radius 2 is 1.35 bits per heavy atom. The molecule has 1 saturated heterocycles. The van der Waals surface area contributed by atoms with Crippen molar-refractivity contribution in [3.63, 3.8) is 0 Å². The molecule has 1 aromatic heterocycles. The molecule has 8 atom stereocenters. The van der Waals surface area contributed by atoms with Gasteiger partial charge in [-0.05, 0) is 171 Å². The summed E-state index contributed by atoms with van der Waals surface area (Å²) in [6.07, 6.45) is 8.72. The summed E-state index contributed by atoms with van der Waals surface area (Å²) in [5, 5.41) is 21.9. The van der Waals surface area contributed by atoms with E-state index >= 15 is 4.79 Å². The fraction of sp³-hybridized carbons (Fsp3) is 0.570. The molecule has 10 N–H and O–H groups in total. The number of allylic oxidation sites excluding steroid dienone is 2. The Kier molecular flexibility index (Phi) is 41.7. The third-order valence-electron chi connectivity index (χ3n) is 22.9. The quantitative estimate of drug-likeness (QED) is 0.00992. The van der Waals surface area contributed by atoms with Crippen LogP contribution in [0.25, 0.3) is 11.1 Å². The van der Waals surface area contributed by atoms with Gasteiger partial charge in [-0.3, -0.25) is 57.6 Å². The number of urea groups is 1. The lowest BCUT2D eigenvalue weighted by molar-refractivity contribution is -0.150. The number of unbranched alkanes of at least 4 members (excludes halogenated alkanes) is 3. The summed E-state index contributed by atoms with van der Waals surface area (Å²) in [7, 11) is 1.94. The fourth-order valence-electron chi connectivity index (χ4n) is 15.5. The van der Waals surface area contributed by atoms with Crippen molar-refractivity contribution in [1.82, 2.24) is 51.4 Å². The van der Waals surface area contributed by atoms with Crippen molar-refractivity contribution < 1.29 is 80.8 Å². The average molecular weight is 1770 g/mol. The molecule has 0 spiro atoms. The number of benzene rings is 4. The summed E-state index contributed by atoms with van der Waals surface area (Å²) < 4.78 is 45.7. The summed E-state index contributed by atoms with van der Waals surface area (Å²) in [6.45, 7) is 22.4. The van der Waals surface area contributed by atoms with E-state index in [-0.39, 0.29) is 151 Å². The normalized spacial score (nSPS) is 15.6. The summed E-state index contributed by atoms with van der Waals surface area (Å²) in [6, 6.07) is 23.4. The molecule has 2 aliphatic heterocycles. The number of anilines is 2. The van der Waals surface area contributed by atoms with Crippen LogP contribution in [0, 0.1) is 29.0 Å². The van der Waals surface area contributed by atoms with Gasteiger partial charge in [-0.2, -0.15) is 0 Å². The van der Waals surface area contributed by atoms with Crippen molar-refractivity contribution in [1.29, 1.82) is 0 Å². The predicted octanol–water partition coefficient (Wildman–Crippen LogP) is 11.9. The molecule has 0 unspecified atom stereocenters. The maximum atomic E-state index is 15.2. The lowest BCUT2D eigenvalue weighted by Crippen LogP contribution is -2.59. The first-order valence-electron chi connectivity index (χ1n) is 44.2. The van der Waals surface area contributed by atoms with Crippen molar-refractivity contribution in [2.75, 3.05) is 96.3 Å². The Balaban J connectivity index is 0.759. The Bertz CT molecular complexity index is 4400. The second kappa shape index (κ2) is 51.8. The molecule has 0 saturated carbocycles. The van der Waals surface area contributed by atoms with Crippen molar-refractivity contribution >= 4 is 111 Å². The van der Waals surface area contributed by atoms with E-state index in [1.54, 1.807) is 69.5 Å². The topological polar surface area (TPSA) is 379 Å². The number of aromatic nitrogens is 1. The number of thiazole rings is 1. The van der Waals surface area contributed by atoms with E-state index in [1.165, 1.54) is 35.8 Å². The van der Waals surface area contributed by atoms with Crippen molar-refractivity contribution in [2.45, 2.75) is 239 Å². The zero-order valence-corrected chi connectivity index (χ0v) is 76.2. The molecule has 8 rings (SSSR count). The second-order valence-corrected chi connectivity index (χ2v) is 35.5. The largest absolute Gasteiger partial charge is 0.455 e. The molecule has 5 aromatic rings. The zero-order chi connectivity index (χ0) is 90.5. The van der Waals surface area contributed by atoms with Crippen LogP contribution < -0.4 is 52.6 Å². The van der Waals surface area contributed by atoms with Gasteiger partial charge in [0.15, 0.2) is 6.10 Å². The Hall–Kier alpha value is -9.70. The molecule has 0 bridgehead atoms. The van der Waals surface area contributed by atoms with Crippen LogP contribution in [0.2, 0.25) is 0 Å². The number of nitrogens with two attached hydrogens (primary N) is 1. The summed E-state index contributed by atoms with van der Waals surface area (Å²) in [5.74, 6) is -5.06. The maximum Gasteiger partial charge on any atom is 0.312 e. The number of piperidine rings is 1. The third-order valence-corrected chi connectivity index (χ3v) is 24.6. The van der Waals surface area contributed by atoms with Gasteiger partial charge in [0.05, 0.1) is 71.1 Å². The number of esters is 1. The Morgan fingerprint density at radius 3 is 2.00 bits per heavy atom. The number of ether oxygens (including phenoxy) is 5. The molecule has 3 aliphatic rings. The van der Waals surface area contributed by atoms with E-state index in [2.05, 4.69) is 67.1 Å². The smallest absolute Gasteiger partial charge is 0.312 e. The van der Waals surface area contributed by atoms with Crippen LogP contribution in [-0.4, -0.2) is 202 Å². The Labute approximate surface area is 744 Å². The average Bonchev–Trinajstić information content (AvgIpc) is 0.872. The standard InChI is InChI=1S/C93H132FN13O16S2/c1-12-14-15-21-46-106(90(116)84(62(7)13-2)103-87(114)77-29-20-22-45-105(77)11)78(60(3)4)56-79(123-63(8)108)89-101-75(59-124-89)86(113)99-68(55-64-30-32-66(94)33-31-64)57-93(9,10)91(117)104-125-69-36-34-67(35-37-69)98-85(112)74(27-23-43-97-92(95)118)100-88(115)83(61(5)6)102-81(110)42-47-119-49-51-121-53-54-122-52-50-120-48-44-96-80(109)40-41-82(111)107-58-65-24-16-17-25-70(65)71-38-39-72(71)73-26-18-19-28-76(73)107/h16-19,24-26,28,30-37,59-62,68,74,77-79,83-84H,12-15,20-23,27,29,38-58H2,1-11H3,(H,96,109)(H,98,112)(H,99,113)(H,100,115)(H,102,110)(H,103,114)(H,104,117)(H3,95,97,118)/t62-,68-,74-,77+,78+,79+,83-,84-/m0/s1. The van der Waals surface area contributed by atoms with Gasteiger partial charge >= 0.3 is 12.0 Å². The molecular formula is C93H132FN13O16S2. The number of fused-ring (bicyclic) bond motifs is 4. The molecule has 32 heteroatoms. The Morgan fingerprint density at radius 1 is 0.688 bits per heavy atom. The van der Waals surface area contributed by atoms with Crippen LogP contribution in [-0.2, 0) is 79.8 Å². The summed E-state index contributed by atoms with van der Waals surface area (Å²) in [5.41, 5.74) is 12.1. The number of amides is 11. The van der Waals surface area contributed by atoms with E-state index in [0.29, 0.717) is 66.9 Å². The molecule has 29 nitrogen and oxygen atoms in total. The number of hydrogen-bond donors (Lipinski definition) is 9. The first-order valence-corrected chi connectivity index (χ1v) is 45.9. The number of carbonyl (C=O) groups excluding carboxylic acids is 11. The molecule has 125 heavy (non-hydrogen) atoms. The van der Waals surface area contributed by atoms with Crippen LogP contribution in [0.15, 0.2) is 107 Å². The maximum absolute atomic E-state index is 15.2. The van der Waals surface area contributed by atoms with Crippen LogP contribution in [0.5, 0.6) is 0 Å². The van der Waals surface area contributed by atoms with Crippen molar-refractivity contribution in [3.8, 4) is 0 Å². The minimum atomic E-state index is -1.13. The number of nitrogens with zero attached hydrogens (tertiary/aromatic N) is 4. The lowest BCUT2D eigenvalue weighted by atomic mass is 9.77. The van der Waals surface area contributed by atoms with Gasteiger partial charge in [-0.1, -0.05) is 149 Å². The first-order chi connectivity index (χ1) is 59.9. The van der Waals surface area contributed by atoms with Gasteiger partial charge in [-0.25, -0.2) is 14.2 Å². The highest BCUT2D eigenvalue weighted by Gasteiger charge is 2.41. The SMILES string of the molecule is CCCCCCN(C(=O)[C@@H](NC(=O)[C@H]1CCCCN1C)[C@@H](C)CC)[C@H](C[C@@H](OC(C)=O)c1nc(C(=O)N[C@@H](Cc2ccc(F)cc2)CC(C)(C)C(=O)NSc2ccc(NC(=O)[C@H](CCCNC(N)=O)NC(=O)[C@@H](NC(=O)CCOCCOCCOCCOCCNC(=O)CCC(=O)N3Cc4ccccc4C4=C(CC4)c4ccccc43)C(C)C)cc2)cs1)C(C)C. The van der Waals surface area contributed by atoms with E-state index in [9.17, 15) is 52.3 Å². The predicted molar refractivity (Wildman–Crippen MR) is 482 cm³/mol. The van der Waals surface area contributed by atoms with Crippen molar-refractivity contribution in [3.05, 3.63) is 141 Å². The molecule has 1 aliphatic carbocycles. The first kappa shape index (κ1) is 101. The number of likely N-dealkylation sites (tertiary alicyclic amines) is 1. The van der Waals surface area contributed by atoms with Crippen LogP contribution in [0.3, 0.4) is 0 Å². The molecule has 4 aromatic carbocycles. The van der Waals surface area contributed by atoms with Crippen LogP contribution >= 0.6 is 23.3 Å². The van der Waals surface area contributed by atoms with Gasteiger partial charge in [-0.15, -0.1) is 11.3 Å². The van der Waals surface area contributed by atoms with E-state index in [0.717, 1.165) is 98.0 Å². The highest BCUT2D eigenvalue weighted by molar-refractivity contribution is 7.98.